The van der Waals surface area contributed by atoms with Crippen LogP contribution in [0.1, 0.15) is 22.3 Å². The van der Waals surface area contributed by atoms with Crippen molar-refractivity contribution >= 4 is 16.7 Å². The summed E-state index contributed by atoms with van der Waals surface area (Å²) in [6.07, 6.45) is -2.59. The van der Waals surface area contributed by atoms with Crippen molar-refractivity contribution in [3.8, 4) is 0 Å². The number of halogens is 2. The zero-order valence-corrected chi connectivity index (χ0v) is 8.15. The first-order chi connectivity index (χ1) is 7.59. The number of fused-ring (bicyclic) bond motifs is 1. The van der Waals surface area contributed by atoms with Crippen molar-refractivity contribution < 1.29 is 18.7 Å². The molecule has 16 heavy (non-hydrogen) atoms. The molecule has 2 rings (SSSR count). The molecule has 0 unspecified atom stereocenters. The summed E-state index contributed by atoms with van der Waals surface area (Å²) in [4.78, 5) is 10.9. The van der Waals surface area contributed by atoms with Crippen LogP contribution in [-0.4, -0.2) is 11.1 Å². The second-order valence-corrected chi connectivity index (χ2v) is 3.39. The summed E-state index contributed by atoms with van der Waals surface area (Å²) < 4.78 is 25.0. The Labute approximate surface area is 90.1 Å². The molecular weight excluding hydrogens is 214 g/mol. The summed E-state index contributed by atoms with van der Waals surface area (Å²) >= 11 is 0. The molecule has 0 aliphatic heterocycles. The van der Waals surface area contributed by atoms with E-state index >= 15 is 0 Å². The van der Waals surface area contributed by atoms with Crippen LogP contribution in [0.4, 0.5) is 8.78 Å². The molecule has 0 aliphatic carbocycles. The van der Waals surface area contributed by atoms with Crippen molar-refractivity contribution in [2.24, 2.45) is 0 Å². The molecule has 0 fully saturated rings. The Morgan fingerprint density at radius 1 is 1.19 bits per heavy atom. The third-order valence-corrected chi connectivity index (χ3v) is 2.39. The number of carboxylic acids is 1. The molecule has 0 aromatic heterocycles. The van der Waals surface area contributed by atoms with Gasteiger partial charge in [-0.3, -0.25) is 0 Å². The van der Waals surface area contributed by atoms with Gasteiger partial charge in [-0.2, -0.15) is 0 Å². The quantitative estimate of drug-likeness (QED) is 0.844. The Bertz CT molecular complexity index is 550. The molecule has 0 bridgehead atoms. The first-order valence-electron chi connectivity index (χ1n) is 4.63. The van der Waals surface area contributed by atoms with Gasteiger partial charge in [0, 0.05) is 5.56 Å². The van der Waals surface area contributed by atoms with Crippen LogP contribution in [0.2, 0.25) is 0 Å². The van der Waals surface area contributed by atoms with Gasteiger partial charge in [-0.25, -0.2) is 13.6 Å². The number of carbonyl (C=O) groups is 1. The lowest BCUT2D eigenvalue weighted by Gasteiger charge is -2.05. The van der Waals surface area contributed by atoms with E-state index in [1.165, 1.54) is 24.3 Å². The van der Waals surface area contributed by atoms with Gasteiger partial charge in [0.2, 0.25) is 0 Å². The summed E-state index contributed by atoms with van der Waals surface area (Å²) in [5.74, 6) is -1.11. The zero-order valence-electron chi connectivity index (χ0n) is 8.15. The highest BCUT2D eigenvalue weighted by Gasteiger charge is 2.11. The second kappa shape index (κ2) is 3.89. The van der Waals surface area contributed by atoms with Crippen LogP contribution in [0, 0.1) is 0 Å². The predicted molar refractivity (Wildman–Crippen MR) is 55.9 cm³/mol. The largest absolute Gasteiger partial charge is 0.478 e. The van der Waals surface area contributed by atoms with Crippen molar-refractivity contribution in [3.05, 3.63) is 47.5 Å². The number of alkyl halides is 2. The Kier molecular flexibility index (Phi) is 2.56. The zero-order chi connectivity index (χ0) is 11.7. The minimum absolute atomic E-state index is 0.0417. The van der Waals surface area contributed by atoms with E-state index in [-0.39, 0.29) is 11.1 Å². The number of rotatable bonds is 2. The first-order valence-corrected chi connectivity index (χ1v) is 4.63. The molecular formula is C12H8F2O2. The molecule has 0 spiro atoms. The minimum atomic E-state index is -2.59. The number of benzene rings is 2. The minimum Gasteiger partial charge on any atom is -0.478 e. The van der Waals surface area contributed by atoms with Crippen LogP contribution < -0.4 is 0 Å². The fourth-order valence-electron chi connectivity index (χ4n) is 1.61. The lowest BCUT2D eigenvalue weighted by atomic mass is 10.0. The Balaban J connectivity index is 2.73. The highest BCUT2D eigenvalue weighted by molar-refractivity contribution is 6.03. The normalized spacial score (nSPS) is 10.9. The molecule has 1 N–H and O–H groups in total. The summed E-state index contributed by atoms with van der Waals surface area (Å²) in [6.45, 7) is 0. The van der Waals surface area contributed by atoms with Crippen LogP contribution >= 0.6 is 0 Å². The van der Waals surface area contributed by atoms with Gasteiger partial charge in [-0.15, -0.1) is 0 Å². The van der Waals surface area contributed by atoms with Crippen LogP contribution in [0.3, 0.4) is 0 Å². The molecule has 82 valence electrons. The molecule has 0 aliphatic rings. The highest BCUT2D eigenvalue weighted by atomic mass is 19.3. The maximum absolute atomic E-state index is 12.5. The molecule has 0 amide bonds. The molecule has 2 nitrogen and oxygen atoms in total. The lowest BCUT2D eigenvalue weighted by molar-refractivity contribution is 0.0699. The van der Waals surface area contributed by atoms with E-state index in [0.29, 0.717) is 10.8 Å². The van der Waals surface area contributed by atoms with Gasteiger partial charge in [0.15, 0.2) is 0 Å². The van der Waals surface area contributed by atoms with Crippen LogP contribution in [0.15, 0.2) is 36.4 Å². The third-order valence-electron chi connectivity index (χ3n) is 2.39. The van der Waals surface area contributed by atoms with Gasteiger partial charge in [-0.1, -0.05) is 24.3 Å². The lowest BCUT2D eigenvalue weighted by Crippen LogP contribution is -1.97. The molecule has 2 aromatic rings. The SMILES string of the molecule is O=C(O)c1cccc2ccc(C(F)F)cc12. The topological polar surface area (TPSA) is 37.3 Å². The second-order valence-electron chi connectivity index (χ2n) is 3.39. The predicted octanol–water partition coefficient (Wildman–Crippen LogP) is 3.48. The Morgan fingerprint density at radius 3 is 2.56 bits per heavy atom. The molecule has 0 heterocycles. The van der Waals surface area contributed by atoms with Gasteiger partial charge >= 0.3 is 5.97 Å². The summed E-state index contributed by atoms with van der Waals surface area (Å²) in [5, 5.41) is 9.91. The Morgan fingerprint density at radius 2 is 1.94 bits per heavy atom. The van der Waals surface area contributed by atoms with Crippen molar-refractivity contribution in [2.75, 3.05) is 0 Å². The van der Waals surface area contributed by atoms with Crippen LogP contribution in [-0.2, 0) is 0 Å². The maximum Gasteiger partial charge on any atom is 0.336 e. The van der Waals surface area contributed by atoms with Crippen molar-refractivity contribution in [3.63, 3.8) is 0 Å². The van der Waals surface area contributed by atoms with E-state index in [4.69, 9.17) is 5.11 Å². The van der Waals surface area contributed by atoms with Gasteiger partial charge in [-0.05, 0) is 22.9 Å². The summed E-state index contributed by atoms with van der Waals surface area (Å²) in [7, 11) is 0. The fourth-order valence-corrected chi connectivity index (χ4v) is 1.61. The van der Waals surface area contributed by atoms with E-state index in [9.17, 15) is 13.6 Å². The number of hydrogen-bond donors (Lipinski definition) is 1. The Hall–Kier alpha value is -1.97. The van der Waals surface area contributed by atoms with E-state index in [0.717, 1.165) is 0 Å². The molecule has 4 heteroatoms. The van der Waals surface area contributed by atoms with Gasteiger partial charge in [0.1, 0.15) is 0 Å². The van der Waals surface area contributed by atoms with E-state index in [1.807, 2.05) is 0 Å². The third kappa shape index (κ3) is 1.74. The molecule has 0 atom stereocenters. The van der Waals surface area contributed by atoms with Crippen molar-refractivity contribution in [1.82, 2.24) is 0 Å². The monoisotopic (exact) mass is 222 g/mol. The number of hydrogen-bond acceptors (Lipinski definition) is 1. The smallest absolute Gasteiger partial charge is 0.336 e. The summed E-state index contributed by atoms with van der Waals surface area (Å²) in [6, 6.07) is 8.72. The average Bonchev–Trinajstić information content (AvgIpc) is 2.27. The molecule has 2 aromatic carbocycles. The number of carboxylic acid groups (broad SMARTS) is 1. The van der Waals surface area contributed by atoms with E-state index < -0.39 is 12.4 Å². The fraction of sp³-hybridized carbons (Fsp3) is 0.0833. The van der Waals surface area contributed by atoms with Crippen LogP contribution in [0.5, 0.6) is 0 Å². The van der Waals surface area contributed by atoms with Gasteiger partial charge in [0.05, 0.1) is 5.56 Å². The van der Waals surface area contributed by atoms with Gasteiger partial charge < -0.3 is 5.11 Å². The van der Waals surface area contributed by atoms with Crippen LogP contribution in [0.25, 0.3) is 10.8 Å². The molecule has 0 saturated carbocycles. The maximum atomic E-state index is 12.5. The van der Waals surface area contributed by atoms with Gasteiger partial charge in [0.25, 0.3) is 6.43 Å². The first kappa shape index (κ1) is 10.5. The summed E-state index contributed by atoms with van der Waals surface area (Å²) in [5.41, 5.74) is -0.124. The van der Waals surface area contributed by atoms with Crippen molar-refractivity contribution in [1.29, 1.82) is 0 Å². The van der Waals surface area contributed by atoms with E-state index in [2.05, 4.69) is 0 Å². The number of aromatic carboxylic acids is 1. The molecule has 0 radical (unpaired) electrons. The van der Waals surface area contributed by atoms with E-state index in [1.54, 1.807) is 12.1 Å². The molecule has 0 saturated heterocycles. The standard InChI is InChI=1S/C12H8F2O2/c13-11(14)8-5-4-7-2-1-3-9(12(15)16)10(7)6-8/h1-6,11H,(H,15,16). The average molecular weight is 222 g/mol. The van der Waals surface area contributed by atoms with Crippen molar-refractivity contribution in [2.45, 2.75) is 6.43 Å². The highest BCUT2D eigenvalue weighted by Crippen LogP contribution is 2.25.